The van der Waals surface area contributed by atoms with Crippen LogP contribution in [-0.4, -0.2) is 25.1 Å². The van der Waals surface area contributed by atoms with E-state index in [0.29, 0.717) is 12.3 Å². The van der Waals surface area contributed by atoms with Gasteiger partial charge in [0.05, 0.1) is 0 Å². The Labute approximate surface area is 144 Å². The summed E-state index contributed by atoms with van der Waals surface area (Å²) in [6.45, 7) is 0.346. The van der Waals surface area contributed by atoms with Crippen LogP contribution < -0.4 is 15.4 Å². The lowest BCUT2D eigenvalue weighted by molar-refractivity contribution is -0.122. The molecule has 0 fully saturated rings. The SMILES string of the molecule is O=C(COc1ccc(Br)cc1)NC(=O)NCCC1=CCCCC1. The second-order valence-electron chi connectivity index (χ2n) is 5.40. The summed E-state index contributed by atoms with van der Waals surface area (Å²) < 4.78 is 6.23. The lowest BCUT2D eigenvalue weighted by atomic mass is 9.97. The fourth-order valence-electron chi connectivity index (χ4n) is 2.35. The van der Waals surface area contributed by atoms with Crippen molar-refractivity contribution < 1.29 is 14.3 Å². The highest BCUT2D eigenvalue weighted by molar-refractivity contribution is 9.10. The molecule has 2 N–H and O–H groups in total. The molecule has 0 heterocycles. The molecule has 0 saturated carbocycles. The third kappa shape index (κ3) is 6.86. The molecule has 6 heteroatoms. The number of urea groups is 1. The summed E-state index contributed by atoms with van der Waals surface area (Å²) in [5.41, 5.74) is 1.39. The summed E-state index contributed by atoms with van der Waals surface area (Å²) in [5.74, 6) is 0.107. The molecule has 1 aromatic carbocycles. The van der Waals surface area contributed by atoms with E-state index in [1.54, 1.807) is 12.1 Å². The van der Waals surface area contributed by atoms with Crippen molar-refractivity contribution in [2.24, 2.45) is 0 Å². The summed E-state index contributed by atoms with van der Waals surface area (Å²) in [4.78, 5) is 23.3. The summed E-state index contributed by atoms with van der Waals surface area (Å²) >= 11 is 3.32. The van der Waals surface area contributed by atoms with E-state index in [1.807, 2.05) is 12.1 Å². The van der Waals surface area contributed by atoms with Crippen LogP contribution in [0.3, 0.4) is 0 Å². The van der Waals surface area contributed by atoms with E-state index in [2.05, 4.69) is 32.6 Å². The van der Waals surface area contributed by atoms with Crippen LogP contribution in [0.4, 0.5) is 4.79 Å². The molecule has 1 aliphatic rings. The molecule has 5 nitrogen and oxygen atoms in total. The number of imide groups is 1. The number of rotatable bonds is 6. The highest BCUT2D eigenvalue weighted by atomic mass is 79.9. The number of ether oxygens (including phenoxy) is 1. The van der Waals surface area contributed by atoms with Gasteiger partial charge < -0.3 is 10.1 Å². The molecule has 0 spiro atoms. The molecule has 2 rings (SSSR count). The topological polar surface area (TPSA) is 67.4 Å². The van der Waals surface area contributed by atoms with Crippen molar-refractivity contribution in [2.75, 3.05) is 13.2 Å². The van der Waals surface area contributed by atoms with Gasteiger partial charge >= 0.3 is 6.03 Å². The van der Waals surface area contributed by atoms with Gasteiger partial charge in [0.2, 0.25) is 0 Å². The molecule has 0 atom stereocenters. The van der Waals surface area contributed by atoms with Gasteiger partial charge in [0.1, 0.15) is 5.75 Å². The molecule has 124 valence electrons. The first kappa shape index (κ1) is 17.5. The highest BCUT2D eigenvalue weighted by Crippen LogP contribution is 2.19. The number of halogens is 1. The van der Waals surface area contributed by atoms with Crippen LogP contribution in [0.15, 0.2) is 40.4 Å². The Kier molecular flexibility index (Phi) is 7.13. The fourth-order valence-corrected chi connectivity index (χ4v) is 2.62. The minimum absolute atomic E-state index is 0.194. The highest BCUT2D eigenvalue weighted by Gasteiger charge is 2.09. The molecular formula is C17H21BrN2O3. The monoisotopic (exact) mass is 380 g/mol. The lowest BCUT2D eigenvalue weighted by Gasteiger charge is -2.13. The van der Waals surface area contributed by atoms with Gasteiger partial charge in [0.25, 0.3) is 5.91 Å². The molecule has 1 aliphatic carbocycles. The van der Waals surface area contributed by atoms with E-state index < -0.39 is 11.9 Å². The minimum atomic E-state index is -0.481. The van der Waals surface area contributed by atoms with Crippen LogP contribution in [0.5, 0.6) is 5.75 Å². The lowest BCUT2D eigenvalue weighted by Crippen LogP contribution is -2.42. The van der Waals surface area contributed by atoms with E-state index in [0.717, 1.165) is 23.7 Å². The van der Waals surface area contributed by atoms with Gasteiger partial charge in [-0.3, -0.25) is 10.1 Å². The number of amides is 3. The average Bonchev–Trinajstić information content (AvgIpc) is 2.55. The van der Waals surface area contributed by atoms with Crippen LogP contribution >= 0.6 is 15.9 Å². The molecule has 23 heavy (non-hydrogen) atoms. The second kappa shape index (κ2) is 9.35. The van der Waals surface area contributed by atoms with Crippen LogP contribution in [0.1, 0.15) is 32.1 Å². The maximum atomic E-state index is 11.6. The first-order valence-electron chi connectivity index (χ1n) is 7.77. The Balaban J connectivity index is 1.61. The molecule has 0 unspecified atom stereocenters. The van der Waals surface area contributed by atoms with E-state index in [4.69, 9.17) is 4.74 Å². The summed E-state index contributed by atoms with van der Waals surface area (Å²) in [6, 6.07) is 6.65. The van der Waals surface area contributed by atoms with Crippen LogP contribution in [0.25, 0.3) is 0 Å². The van der Waals surface area contributed by atoms with Crippen molar-refractivity contribution in [3.05, 3.63) is 40.4 Å². The van der Waals surface area contributed by atoms with Gasteiger partial charge in [-0.15, -0.1) is 0 Å². The van der Waals surface area contributed by atoms with Crippen molar-refractivity contribution in [2.45, 2.75) is 32.1 Å². The maximum absolute atomic E-state index is 11.6. The fraction of sp³-hybridized carbons (Fsp3) is 0.412. The number of benzene rings is 1. The molecule has 0 aliphatic heterocycles. The second-order valence-corrected chi connectivity index (χ2v) is 6.32. The van der Waals surface area contributed by atoms with E-state index in [-0.39, 0.29) is 6.61 Å². The predicted molar refractivity (Wildman–Crippen MR) is 92.3 cm³/mol. The Bertz CT molecular complexity index is 570. The zero-order valence-electron chi connectivity index (χ0n) is 12.9. The normalized spacial score (nSPS) is 13.9. The van der Waals surface area contributed by atoms with Gasteiger partial charge in [-0.2, -0.15) is 0 Å². The van der Waals surface area contributed by atoms with Gasteiger partial charge in [0, 0.05) is 11.0 Å². The van der Waals surface area contributed by atoms with Gasteiger partial charge in [-0.1, -0.05) is 27.6 Å². The van der Waals surface area contributed by atoms with Crippen molar-refractivity contribution >= 4 is 27.9 Å². The average molecular weight is 381 g/mol. The molecule has 0 radical (unpaired) electrons. The standard InChI is InChI=1S/C17H21BrN2O3/c18-14-6-8-15(9-7-14)23-12-16(21)20-17(22)19-11-10-13-4-2-1-3-5-13/h4,6-9H,1-3,5,10-12H2,(H2,19,20,21,22). The van der Waals surface area contributed by atoms with E-state index in [9.17, 15) is 9.59 Å². The van der Waals surface area contributed by atoms with Crippen molar-refractivity contribution in [1.29, 1.82) is 0 Å². The van der Waals surface area contributed by atoms with Crippen LogP contribution in [0.2, 0.25) is 0 Å². The minimum Gasteiger partial charge on any atom is -0.484 e. The Morgan fingerprint density at radius 3 is 2.65 bits per heavy atom. The Hall–Kier alpha value is -1.82. The summed E-state index contributed by atoms with van der Waals surface area (Å²) in [6.07, 6.45) is 7.82. The summed E-state index contributed by atoms with van der Waals surface area (Å²) in [7, 11) is 0. The number of carbonyl (C=O) groups is 2. The third-order valence-electron chi connectivity index (χ3n) is 3.55. The number of nitrogens with one attached hydrogen (secondary N) is 2. The number of hydrogen-bond donors (Lipinski definition) is 2. The zero-order valence-corrected chi connectivity index (χ0v) is 14.5. The Morgan fingerprint density at radius 2 is 1.96 bits per heavy atom. The maximum Gasteiger partial charge on any atom is 0.321 e. The van der Waals surface area contributed by atoms with E-state index >= 15 is 0 Å². The molecule has 3 amide bonds. The number of carbonyl (C=O) groups excluding carboxylic acids is 2. The van der Waals surface area contributed by atoms with Crippen molar-refractivity contribution in [1.82, 2.24) is 10.6 Å². The molecular weight excluding hydrogens is 360 g/mol. The van der Waals surface area contributed by atoms with Crippen molar-refractivity contribution in [3.63, 3.8) is 0 Å². The van der Waals surface area contributed by atoms with Crippen LogP contribution in [0, 0.1) is 0 Å². The third-order valence-corrected chi connectivity index (χ3v) is 4.08. The quantitative estimate of drug-likeness (QED) is 0.741. The smallest absolute Gasteiger partial charge is 0.321 e. The molecule has 0 aromatic heterocycles. The largest absolute Gasteiger partial charge is 0.484 e. The number of hydrogen-bond acceptors (Lipinski definition) is 3. The van der Waals surface area contributed by atoms with Gasteiger partial charge in [0.15, 0.2) is 6.61 Å². The molecule has 1 aromatic rings. The first-order chi connectivity index (χ1) is 11.1. The first-order valence-corrected chi connectivity index (χ1v) is 8.57. The summed E-state index contributed by atoms with van der Waals surface area (Å²) in [5, 5.41) is 4.95. The van der Waals surface area contributed by atoms with Crippen LogP contribution in [-0.2, 0) is 4.79 Å². The van der Waals surface area contributed by atoms with E-state index in [1.165, 1.54) is 18.4 Å². The molecule has 0 saturated heterocycles. The van der Waals surface area contributed by atoms with Crippen molar-refractivity contribution in [3.8, 4) is 5.75 Å². The Morgan fingerprint density at radius 1 is 1.17 bits per heavy atom. The molecule has 0 bridgehead atoms. The zero-order chi connectivity index (χ0) is 16.5. The van der Waals surface area contributed by atoms with Gasteiger partial charge in [-0.25, -0.2) is 4.79 Å². The van der Waals surface area contributed by atoms with Gasteiger partial charge in [-0.05, 0) is 56.4 Å². The number of allylic oxidation sites excluding steroid dienone is 1. The predicted octanol–water partition coefficient (Wildman–Crippen LogP) is 3.54.